The Morgan fingerprint density at radius 2 is 2.11 bits per heavy atom. The number of carbonyl (C=O) groups is 1. The summed E-state index contributed by atoms with van der Waals surface area (Å²) in [5.74, 6) is 0.852. The minimum atomic E-state index is -0.190. The first-order chi connectivity index (χ1) is 9.06. The smallest absolute Gasteiger partial charge is 0.237 e. The second-order valence-corrected chi connectivity index (χ2v) is 4.78. The average molecular weight is 267 g/mol. The first-order valence-corrected chi connectivity index (χ1v) is 6.95. The first kappa shape index (κ1) is 15.6. The number of amides is 1. The molecule has 6 heteroatoms. The van der Waals surface area contributed by atoms with E-state index in [1.54, 1.807) is 11.0 Å². The Balaban J connectivity index is 2.26. The molecule has 0 saturated heterocycles. The lowest BCUT2D eigenvalue weighted by Crippen LogP contribution is -2.46. The van der Waals surface area contributed by atoms with E-state index in [1.807, 2.05) is 14.0 Å². The van der Waals surface area contributed by atoms with Gasteiger partial charge in [-0.05, 0) is 19.8 Å². The van der Waals surface area contributed by atoms with E-state index in [2.05, 4.69) is 34.6 Å². The summed E-state index contributed by atoms with van der Waals surface area (Å²) in [6.45, 7) is 6.74. The van der Waals surface area contributed by atoms with Crippen LogP contribution in [-0.4, -0.2) is 39.3 Å². The molecule has 0 bridgehead atoms. The summed E-state index contributed by atoms with van der Waals surface area (Å²) in [5.41, 5.74) is 0. The van der Waals surface area contributed by atoms with Gasteiger partial charge in [-0.1, -0.05) is 13.8 Å². The van der Waals surface area contributed by atoms with Crippen LogP contribution < -0.4 is 10.6 Å². The van der Waals surface area contributed by atoms with Gasteiger partial charge in [-0.2, -0.15) is 5.10 Å². The van der Waals surface area contributed by atoms with E-state index in [1.165, 1.54) is 0 Å². The van der Waals surface area contributed by atoms with Crippen LogP contribution in [0.3, 0.4) is 0 Å². The number of rotatable bonds is 8. The van der Waals surface area contributed by atoms with Gasteiger partial charge in [-0.3, -0.25) is 9.48 Å². The summed E-state index contributed by atoms with van der Waals surface area (Å²) in [7, 11) is 1.84. The summed E-state index contributed by atoms with van der Waals surface area (Å²) in [6, 6.07) is 0.0820. The molecule has 2 N–H and O–H groups in total. The minimum Gasteiger partial charge on any atom is -0.352 e. The van der Waals surface area contributed by atoms with Crippen molar-refractivity contribution >= 4 is 5.91 Å². The second-order valence-electron chi connectivity index (χ2n) is 4.78. The molecule has 19 heavy (non-hydrogen) atoms. The number of hydrogen-bond acceptors (Lipinski definition) is 4. The molecular formula is C13H25N5O. The molecule has 1 unspecified atom stereocenters. The fourth-order valence-electron chi connectivity index (χ4n) is 1.81. The molecule has 0 aliphatic rings. The molecule has 1 rings (SSSR count). The molecule has 108 valence electrons. The van der Waals surface area contributed by atoms with E-state index in [-0.39, 0.29) is 18.0 Å². The molecule has 0 fully saturated rings. The van der Waals surface area contributed by atoms with Crippen molar-refractivity contribution in [2.45, 2.75) is 52.1 Å². The van der Waals surface area contributed by atoms with E-state index < -0.39 is 0 Å². The number of hydrogen-bond donors (Lipinski definition) is 2. The Morgan fingerprint density at radius 1 is 1.42 bits per heavy atom. The van der Waals surface area contributed by atoms with Crippen LogP contribution in [-0.2, 0) is 18.3 Å². The van der Waals surface area contributed by atoms with Crippen molar-refractivity contribution in [3.05, 3.63) is 12.2 Å². The van der Waals surface area contributed by atoms with Gasteiger partial charge >= 0.3 is 0 Å². The molecule has 0 radical (unpaired) electrons. The van der Waals surface area contributed by atoms with E-state index in [9.17, 15) is 4.79 Å². The average Bonchev–Trinajstić information content (AvgIpc) is 2.81. The van der Waals surface area contributed by atoms with Gasteiger partial charge in [0.2, 0.25) is 5.91 Å². The van der Waals surface area contributed by atoms with Crippen LogP contribution in [0.15, 0.2) is 6.33 Å². The standard InChI is InChI=1S/C13H25N5O/c1-5-11(6-2)16-13(19)10(3)14-8-7-12-15-9-18(4)17-12/h9-11,14H,5-8H2,1-4H3,(H,16,19). The zero-order valence-corrected chi connectivity index (χ0v) is 12.3. The SMILES string of the molecule is CCC(CC)NC(=O)C(C)NCCc1ncn(C)n1. The molecule has 6 nitrogen and oxygen atoms in total. The lowest BCUT2D eigenvalue weighted by Gasteiger charge is -2.19. The molecule has 0 aromatic carbocycles. The Bertz CT molecular complexity index is 386. The maximum atomic E-state index is 11.9. The van der Waals surface area contributed by atoms with Gasteiger partial charge in [-0.15, -0.1) is 0 Å². The van der Waals surface area contributed by atoms with Crippen LogP contribution in [0.5, 0.6) is 0 Å². The van der Waals surface area contributed by atoms with Gasteiger partial charge in [0, 0.05) is 26.1 Å². The quantitative estimate of drug-likeness (QED) is 0.725. The normalized spacial score (nSPS) is 12.7. The predicted octanol–water partition coefficient (Wildman–Crippen LogP) is 0.641. The number of nitrogens with zero attached hydrogens (tertiary/aromatic N) is 3. The summed E-state index contributed by atoms with van der Waals surface area (Å²) < 4.78 is 1.68. The third kappa shape index (κ3) is 5.38. The van der Waals surface area contributed by atoms with E-state index >= 15 is 0 Å². The Hall–Kier alpha value is -1.43. The Labute approximate surface area is 115 Å². The minimum absolute atomic E-state index is 0.0580. The molecule has 1 aromatic rings. The maximum absolute atomic E-state index is 11.9. The number of aromatic nitrogens is 3. The molecule has 1 atom stereocenters. The van der Waals surface area contributed by atoms with Crippen molar-refractivity contribution in [3.63, 3.8) is 0 Å². The molecular weight excluding hydrogens is 242 g/mol. The second kappa shape index (κ2) is 7.89. The summed E-state index contributed by atoms with van der Waals surface area (Å²) in [6.07, 6.45) is 4.33. The van der Waals surface area contributed by atoms with Crippen molar-refractivity contribution < 1.29 is 4.79 Å². The highest BCUT2D eigenvalue weighted by atomic mass is 16.2. The lowest BCUT2D eigenvalue weighted by molar-refractivity contribution is -0.123. The van der Waals surface area contributed by atoms with Crippen LogP contribution in [0, 0.1) is 0 Å². The van der Waals surface area contributed by atoms with Crippen molar-refractivity contribution in [1.29, 1.82) is 0 Å². The van der Waals surface area contributed by atoms with E-state index in [0.29, 0.717) is 6.54 Å². The third-order valence-electron chi connectivity index (χ3n) is 3.17. The third-order valence-corrected chi connectivity index (χ3v) is 3.17. The Morgan fingerprint density at radius 3 is 2.63 bits per heavy atom. The molecule has 0 aliphatic carbocycles. The molecule has 0 spiro atoms. The molecule has 0 saturated carbocycles. The summed E-state index contributed by atoms with van der Waals surface area (Å²) >= 11 is 0. The van der Waals surface area contributed by atoms with Crippen molar-refractivity contribution in [2.75, 3.05) is 6.54 Å². The summed E-state index contributed by atoms with van der Waals surface area (Å²) in [4.78, 5) is 16.1. The highest BCUT2D eigenvalue weighted by Gasteiger charge is 2.15. The van der Waals surface area contributed by atoms with Crippen LogP contribution in [0.4, 0.5) is 0 Å². The zero-order chi connectivity index (χ0) is 14.3. The lowest BCUT2D eigenvalue weighted by atomic mass is 10.1. The van der Waals surface area contributed by atoms with Crippen molar-refractivity contribution in [2.24, 2.45) is 7.05 Å². The number of nitrogens with one attached hydrogen (secondary N) is 2. The highest BCUT2D eigenvalue weighted by Crippen LogP contribution is 1.97. The fraction of sp³-hybridized carbons (Fsp3) is 0.769. The van der Waals surface area contributed by atoms with Crippen molar-refractivity contribution in [3.8, 4) is 0 Å². The fourth-order valence-corrected chi connectivity index (χ4v) is 1.81. The van der Waals surface area contributed by atoms with Crippen LogP contribution in [0.1, 0.15) is 39.4 Å². The van der Waals surface area contributed by atoms with Gasteiger partial charge in [-0.25, -0.2) is 4.98 Å². The summed E-state index contributed by atoms with van der Waals surface area (Å²) in [5, 5.41) is 10.4. The van der Waals surface area contributed by atoms with Crippen molar-refractivity contribution in [1.82, 2.24) is 25.4 Å². The molecule has 1 aromatic heterocycles. The maximum Gasteiger partial charge on any atom is 0.237 e. The highest BCUT2D eigenvalue weighted by molar-refractivity contribution is 5.81. The number of aryl methyl sites for hydroxylation is 1. The molecule has 1 heterocycles. The van der Waals surface area contributed by atoms with E-state index in [4.69, 9.17) is 0 Å². The Kier molecular flexibility index (Phi) is 6.49. The van der Waals surface area contributed by atoms with Crippen LogP contribution in [0.2, 0.25) is 0 Å². The van der Waals surface area contributed by atoms with Gasteiger partial charge in [0.1, 0.15) is 6.33 Å². The monoisotopic (exact) mass is 267 g/mol. The van der Waals surface area contributed by atoms with Crippen LogP contribution >= 0.6 is 0 Å². The van der Waals surface area contributed by atoms with Gasteiger partial charge in [0.05, 0.1) is 6.04 Å². The number of carbonyl (C=O) groups excluding carboxylic acids is 1. The first-order valence-electron chi connectivity index (χ1n) is 6.95. The molecule has 1 amide bonds. The van der Waals surface area contributed by atoms with Gasteiger partial charge in [0.15, 0.2) is 5.82 Å². The largest absolute Gasteiger partial charge is 0.352 e. The topological polar surface area (TPSA) is 71.8 Å². The van der Waals surface area contributed by atoms with Crippen LogP contribution in [0.25, 0.3) is 0 Å². The molecule has 0 aliphatic heterocycles. The van der Waals surface area contributed by atoms with E-state index in [0.717, 1.165) is 25.1 Å². The zero-order valence-electron chi connectivity index (χ0n) is 12.3. The van der Waals surface area contributed by atoms with Gasteiger partial charge < -0.3 is 10.6 Å². The van der Waals surface area contributed by atoms with Gasteiger partial charge in [0.25, 0.3) is 0 Å². The predicted molar refractivity (Wildman–Crippen MR) is 74.7 cm³/mol.